The normalized spacial score (nSPS) is 18.8. The van der Waals surface area contributed by atoms with E-state index in [9.17, 15) is 4.79 Å². The summed E-state index contributed by atoms with van der Waals surface area (Å²) in [7, 11) is 0. The number of hydrogen-bond donors (Lipinski definition) is 0. The lowest BCUT2D eigenvalue weighted by Crippen LogP contribution is -2.10. The van der Waals surface area contributed by atoms with Crippen molar-refractivity contribution in [1.82, 2.24) is 0 Å². The Hall–Kier alpha value is -1.83. The molecule has 0 fully saturated rings. The molecule has 19 heavy (non-hydrogen) atoms. The molecule has 0 bridgehead atoms. The minimum atomic E-state index is -0.247. The summed E-state index contributed by atoms with van der Waals surface area (Å²) in [6.45, 7) is 5.79. The molecular weight excluding hydrogens is 236 g/mol. The van der Waals surface area contributed by atoms with E-state index in [1.165, 1.54) is 18.1 Å². The van der Waals surface area contributed by atoms with Crippen molar-refractivity contribution in [1.29, 1.82) is 0 Å². The first kappa shape index (κ1) is 13.6. The summed E-state index contributed by atoms with van der Waals surface area (Å²) in [5.74, 6) is 1.18. The molecule has 1 atom stereocenters. The second kappa shape index (κ2) is 5.87. The van der Waals surface area contributed by atoms with Crippen molar-refractivity contribution >= 4 is 5.97 Å². The van der Waals surface area contributed by atoms with Crippen LogP contribution in [0.2, 0.25) is 0 Å². The van der Waals surface area contributed by atoms with E-state index in [0.29, 0.717) is 5.92 Å². The molecule has 1 aliphatic rings. The second-order valence-corrected chi connectivity index (χ2v) is 5.24. The molecule has 1 aromatic carbocycles. The Morgan fingerprint density at radius 1 is 1.21 bits per heavy atom. The molecule has 2 heteroatoms. The van der Waals surface area contributed by atoms with Crippen LogP contribution in [0.3, 0.4) is 0 Å². The van der Waals surface area contributed by atoms with E-state index >= 15 is 0 Å². The van der Waals surface area contributed by atoms with Crippen LogP contribution in [-0.2, 0) is 9.53 Å². The Kier molecular flexibility index (Phi) is 4.20. The summed E-state index contributed by atoms with van der Waals surface area (Å²) >= 11 is 0. The van der Waals surface area contributed by atoms with Gasteiger partial charge in [-0.05, 0) is 17.6 Å². The third kappa shape index (κ3) is 3.57. The van der Waals surface area contributed by atoms with Gasteiger partial charge >= 0.3 is 5.97 Å². The zero-order chi connectivity index (χ0) is 13.8. The second-order valence-electron chi connectivity index (χ2n) is 5.24. The van der Waals surface area contributed by atoms with Crippen molar-refractivity contribution in [3.05, 3.63) is 59.4 Å². The zero-order valence-corrected chi connectivity index (χ0v) is 11.7. The van der Waals surface area contributed by atoms with Gasteiger partial charge in [-0.2, -0.15) is 0 Å². The van der Waals surface area contributed by atoms with E-state index in [1.807, 2.05) is 24.3 Å². The highest BCUT2D eigenvalue weighted by Gasteiger charge is 2.19. The van der Waals surface area contributed by atoms with Gasteiger partial charge in [0.2, 0.25) is 0 Å². The van der Waals surface area contributed by atoms with Gasteiger partial charge in [-0.1, -0.05) is 55.8 Å². The molecule has 0 aromatic heterocycles. The van der Waals surface area contributed by atoms with E-state index in [4.69, 9.17) is 4.74 Å². The minimum absolute atomic E-state index is 0.196. The van der Waals surface area contributed by atoms with Crippen molar-refractivity contribution in [3.63, 3.8) is 0 Å². The summed E-state index contributed by atoms with van der Waals surface area (Å²) in [6.07, 6.45) is 5.07. The fourth-order valence-corrected chi connectivity index (χ4v) is 2.32. The molecule has 100 valence electrons. The molecule has 0 spiro atoms. The van der Waals surface area contributed by atoms with Gasteiger partial charge in [0.25, 0.3) is 0 Å². The van der Waals surface area contributed by atoms with Crippen LogP contribution in [0.25, 0.3) is 0 Å². The molecule has 2 rings (SSSR count). The summed E-state index contributed by atoms with van der Waals surface area (Å²) in [5.41, 5.74) is 2.55. The maximum Gasteiger partial charge on any atom is 0.307 e. The van der Waals surface area contributed by atoms with E-state index < -0.39 is 0 Å². The largest absolute Gasteiger partial charge is 0.431 e. The summed E-state index contributed by atoms with van der Waals surface area (Å²) in [4.78, 5) is 11.1. The average Bonchev–Trinajstić information content (AvgIpc) is 2.38. The highest BCUT2D eigenvalue weighted by molar-refractivity contribution is 5.67. The van der Waals surface area contributed by atoms with Crippen LogP contribution in [0.4, 0.5) is 0 Å². The fraction of sp³-hybridized carbons (Fsp3) is 0.353. The predicted molar refractivity (Wildman–Crippen MR) is 76.6 cm³/mol. The molecule has 1 unspecified atom stereocenters. The number of carbonyl (C=O) groups is 1. The fourth-order valence-electron chi connectivity index (χ4n) is 2.32. The third-order valence-electron chi connectivity index (χ3n) is 3.34. The predicted octanol–water partition coefficient (Wildman–Crippen LogP) is 4.20. The Morgan fingerprint density at radius 3 is 2.47 bits per heavy atom. The first-order valence-electron chi connectivity index (χ1n) is 6.71. The Balaban J connectivity index is 2.30. The lowest BCUT2D eigenvalue weighted by Gasteiger charge is -2.23. The Labute approximate surface area is 114 Å². The molecule has 2 nitrogen and oxygen atoms in total. The van der Waals surface area contributed by atoms with Gasteiger partial charge in [-0.3, -0.25) is 4.79 Å². The summed E-state index contributed by atoms with van der Waals surface area (Å²) in [5, 5.41) is 0. The molecule has 0 saturated carbocycles. The Morgan fingerprint density at radius 2 is 1.89 bits per heavy atom. The number of hydrogen-bond acceptors (Lipinski definition) is 2. The van der Waals surface area contributed by atoms with Gasteiger partial charge in [-0.25, -0.2) is 0 Å². The van der Waals surface area contributed by atoms with Crippen LogP contribution in [0, 0.1) is 5.92 Å². The quantitative estimate of drug-likeness (QED) is 0.598. The standard InChI is InChI=1S/C17H20O2/c1-12(2)15-9-16(14-7-5-4-6-8-14)11-17(10-15)19-13(3)18/h4-9,11-12,16H,10H2,1-3H3. The summed E-state index contributed by atoms with van der Waals surface area (Å²) < 4.78 is 5.30. The van der Waals surface area contributed by atoms with Crippen LogP contribution >= 0.6 is 0 Å². The van der Waals surface area contributed by atoms with Gasteiger partial charge in [0, 0.05) is 19.3 Å². The lowest BCUT2D eigenvalue weighted by atomic mass is 9.86. The number of ether oxygens (including phenoxy) is 1. The van der Waals surface area contributed by atoms with Gasteiger partial charge in [-0.15, -0.1) is 0 Å². The number of esters is 1. The van der Waals surface area contributed by atoms with E-state index in [2.05, 4.69) is 32.1 Å². The van der Waals surface area contributed by atoms with Crippen LogP contribution in [0.1, 0.15) is 38.7 Å². The van der Waals surface area contributed by atoms with Crippen molar-refractivity contribution in [2.45, 2.75) is 33.1 Å². The molecule has 1 aromatic rings. The number of benzene rings is 1. The number of carbonyl (C=O) groups excluding carboxylic acids is 1. The average molecular weight is 256 g/mol. The minimum Gasteiger partial charge on any atom is -0.431 e. The van der Waals surface area contributed by atoms with Crippen LogP contribution in [-0.4, -0.2) is 5.97 Å². The molecule has 1 aliphatic carbocycles. The van der Waals surface area contributed by atoms with Gasteiger partial charge in [0.1, 0.15) is 5.76 Å². The Bertz CT molecular complexity index is 509. The molecule has 0 aliphatic heterocycles. The summed E-state index contributed by atoms with van der Waals surface area (Å²) in [6, 6.07) is 10.3. The highest BCUT2D eigenvalue weighted by Crippen LogP contribution is 2.33. The molecular formula is C17H20O2. The van der Waals surface area contributed by atoms with Crippen molar-refractivity contribution < 1.29 is 9.53 Å². The molecule has 0 radical (unpaired) electrons. The number of rotatable bonds is 3. The van der Waals surface area contributed by atoms with E-state index in [1.54, 1.807) is 0 Å². The topological polar surface area (TPSA) is 26.3 Å². The molecule has 0 N–H and O–H groups in total. The molecule has 0 saturated heterocycles. The number of allylic oxidation sites excluding steroid dienone is 3. The lowest BCUT2D eigenvalue weighted by molar-refractivity contribution is -0.137. The van der Waals surface area contributed by atoms with Crippen LogP contribution in [0.5, 0.6) is 0 Å². The maximum absolute atomic E-state index is 11.1. The van der Waals surface area contributed by atoms with E-state index in [0.717, 1.165) is 12.2 Å². The zero-order valence-electron chi connectivity index (χ0n) is 11.7. The molecule has 0 heterocycles. The van der Waals surface area contributed by atoms with Crippen LogP contribution in [0.15, 0.2) is 53.8 Å². The van der Waals surface area contributed by atoms with Crippen molar-refractivity contribution in [2.24, 2.45) is 5.92 Å². The van der Waals surface area contributed by atoms with Crippen molar-refractivity contribution in [3.8, 4) is 0 Å². The van der Waals surface area contributed by atoms with Crippen LogP contribution < -0.4 is 0 Å². The van der Waals surface area contributed by atoms with Gasteiger partial charge < -0.3 is 4.74 Å². The third-order valence-corrected chi connectivity index (χ3v) is 3.34. The van der Waals surface area contributed by atoms with E-state index in [-0.39, 0.29) is 11.9 Å². The highest BCUT2D eigenvalue weighted by atomic mass is 16.5. The van der Waals surface area contributed by atoms with Gasteiger partial charge in [0.15, 0.2) is 0 Å². The maximum atomic E-state index is 11.1. The molecule has 0 amide bonds. The SMILES string of the molecule is CC(=O)OC1=CC(c2ccccc2)C=C(C(C)C)C1. The first-order valence-corrected chi connectivity index (χ1v) is 6.71. The van der Waals surface area contributed by atoms with Crippen molar-refractivity contribution in [2.75, 3.05) is 0 Å². The van der Waals surface area contributed by atoms with Gasteiger partial charge in [0.05, 0.1) is 0 Å². The smallest absolute Gasteiger partial charge is 0.307 e. The first-order chi connectivity index (χ1) is 9.06. The monoisotopic (exact) mass is 256 g/mol.